The molecular weight excluding hydrogens is 450 g/mol. The van der Waals surface area contributed by atoms with Gasteiger partial charge in [0.15, 0.2) is 0 Å². The normalized spacial score (nSPS) is 11.4. The number of nitrogen functional groups attached to an aromatic ring is 1. The van der Waals surface area contributed by atoms with Crippen molar-refractivity contribution in [1.29, 1.82) is 0 Å². The summed E-state index contributed by atoms with van der Waals surface area (Å²) in [4.78, 5) is 24.4. The number of carboxylic acids is 1. The molecular formula is C22H19N3O5S2. The molecule has 0 bridgehead atoms. The molecule has 0 heterocycles. The van der Waals surface area contributed by atoms with Gasteiger partial charge in [0, 0.05) is 16.7 Å². The van der Waals surface area contributed by atoms with Gasteiger partial charge < -0.3 is 16.2 Å². The van der Waals surface area contributed by atoms with E-state index in [1.54, 1.807) is 42.5 Å². The Balaban J connectivity index is 2.05. The molecule has 0 fully saturated rings. The van der Waals surface area contributed by atoms with Crippen LogP contribution >= 0.6 is 11.8 Å². The number of amides is 1. The van der Waals surface area contributed by atoms with E-state index in [1.807, 2.05) is 18.2 Å². The molecule has 0 aromatic heterocycles. The number of carbonyl (C=O) groups excluding carboxylic acids is 1. The molecule has 0 saturated carbocycles. The molecule has 32 heavy (non-hydrogen) atoms. The molecule has 0 aliphatic rings. The molecule has 0 saturated heterocycles. The van der Waals surface area contributed by atoms with Crippen LogP contribution in [-0.2, 0) is 14.8 Å². The smallest absolute Gasteiger partial charge is 0.335 e. The van der Waals surface area contributed by atoms with Crippen molar-refractivity contribution in [2.24, 2.45) is 5.14 Å². The number of carbonyl (C=O) groups is 2. The third-order valence-electron chi connectivity index (χ3n) is 4.19. The van der Waals surface area contributed by atoms with Crippen molar-refractivity contribution >= 4 is 51.1 Å². The Morgan fingerprint density at radius 3 is 2.25 bits per heavy atom. The number of benzene rings is 3. The first kappa shape index (κ1) is 23.1. The van der Waals surface area contributed by atoms with Crippen LogP contribution in [0.25, 0.3) is 6.08 Å². The van der Waals surface area contributed by atoms with Crippen LogP contribution in [0.2, 0.25) is 0 Å². The SMILES string of the molecule is Nc1ccc(Sc2c(NC(=O)C=Cc3ccccc3)cc(C(=O)O)cc2S(N)(=O)=O)cc1. The Bertz CT molecular complexity index is 1290. The first-order valence-corrected chi connectivity index (χ1v) is 11.5. The molecule has 3 rings (SSSR count). The molecule has 164 valence electrons. The van der Waals surface area contributed by atoms with Crippen molar-refractivity contribution in [3.63, 3.8) is 0 Å². The zero-order valence-electron chi connectivity index (χ0n) is 16.6. The standard InChI is InChI=1S/C22H19N3O5S2/c23-16-7-9-17(10-8-16)31-21-18(12-15(22(27)28)13-19(21)32(24,29)30)25-20(26)11-6-14-4-2-1-3-5-14/h1-13H,23H2,(H,25,26)(H,27,28)(H2,24,29,30). The fraction of sp³-hybridized carbons (Fsp3) is 0. The van der Waals surface area contributed by atoms with Gasteiger partial charge in [-0.1, -0.05) is 42.1 Å². The van der Waals surface area contributed by atoms with Crippen LogP contribution in [-0.4, -0.2) is 25.4 Å². The number of primary sulfonamides is 1. The molecule has 0 unspecified atom stereocenters. The number of aromatic carboxylic acids is 1. The fourth-order valence-corrected chi connectivity index (χ4v) is 4.72. The van der Waals surface area contributed by atoms with Crippen LogP contribution < -0.4 is 16.2 Å². The van der Waals surface area contributed by atoms with Crippen molar-refractivity contribution in [2.75, 3.05) is 11.1 Å². The third-order valence-corrected chi connectivity index (χ3v) is 6.41. The van der Waals surface area contributed by atoms with E-state index in [0.717, 1.165) is 23.4 Å². The van der Waals surface area contributed by atoms with Gasteiger partial charge in [0.05, 0.1) is 21.0 Å². The Labute approximate surface area is 189 Å². The molecule has 10 heteroatoms. The van der Waals surface area contributed by atoms with Crippen LogP contribution in [0.4, 0.5) is 11.4 Å². The molecule has 1 amide bonds. The number of hydrogen-bond acceptors (Lipinski definition) is 6. The molecule has 3 aromatic rings. The quantitative estimate of drug-likeness (QED) is 0.305. The van der Waals surface area contributed by atoms with E-state index < -0.39 is 26.8 Å². The van der Waals surface area contributed by atoms with E-state index >= 15 is 0 Å². The summed E-state index contributed by atoms with van der Waals surface area (Å²) in [6, 6.07) is 17.8. The fourth-order valence-electron chi connectivity index (χ4n) is 2.70. The monoisotopic (exact) mass is 469 g/mol. The van der Waals surface area contributed by atoms with Gasteiger partial charge in [0.25, 0.3) is 0 Å². The number of hydrogen-bond donors (Lipinski definition) is 4. The number of anilines is 2. The Hall–Kier alpha value is -3.60. The van der Waals surface area contributed by atoms with Crippen LogP contribution in [0.15, 0.2) is 87.5 Å². The van der Waals surface area contributed by atoms with E-state index in [0.29, 0.717) is 10.6 Å². The molecule has 0 radical (unpaired) electrons. The summed E-state index contributed by atoms with van der Waals surface area (Å²) in [5.74, 6) is -1.94. The van der Waals surface area contributed by atoms with Crippen molar-refractivity contribution in [3.8, 4) is 0 Å². The minimum atomic E-state index is -4.31. The van der Waals surface area contributed by atoms with Gasteiger partial charge in [-0.3, -0.25) is 4.79 Å². The highest BCUT2D eigenvalue weighted by Crippen LogP contribution is 2.39. The second-order valence-corrected chi connectivity index (χ2v) is 9.22. The molecule has 0 atom stereocenters. The lowest BCUT2D eigenvalue weighted by atomic mass is 10.2. The average Bonchev–Trinajstić information content (AvgIpc) is 2.74. The highest BCUT2D eigenvalue weighted by atomic mass is 32.2. The maximum absolute atomic E-state index is 12.5. The maximum atomic E-state index is 12.5. The van der Waals surface area contributed by atoms with Gasteiger partial charge >= 0.3 is 5.97 Å². The zero-order valence-corrected chi connectivity index (χ0v) is 18.2. The van der Waals surface area contributed by atoms with Gasteiger partial charge in [-0.2, -0.15) is 0 Å². The average molecular weight is 470 g/mol. The van der Waals surface area contributed by atoms with Crippen molar-refractivity contribution in [3.05, 3.63) is 83.9 Å². The van der Waals surface area contributed by atoms with E-state index in [2.05, 4.69) is 5.32 Å². The van der Waals surface area contributed by atoms with Crippen LogP contribution in [0, 0.1) is 0 Å². The number of nitrogens with one attached hydrogen (secondary N) is 1. The van der Waals surface area contributed by atoms with Gasteiger partial charge in [-0.15, -0.1) is 0 Å². The van der Waals surface area contributed by atoms with Crippen molar-refractivity contribution in [1.82, 2.24) is 0 Å². The maximum Gasteiger partial charge on any atom is 0.335 e. The summed E-state index contributed by atoms with van der Waals surface area (Å²) in [6.45, 7) is 0. The van der Waals surface area contributed by atoms with Crippen molar-refractivity contribution in [2.45, 2.75) is 14.7 Å². The van der Waals surface area contributed by atoms with Gasteiger partial charge in [0.1, 0.15) is 0 Å². The van der Waals surface area contributed by atoms with Crippen molar-refractivity contribution < 1.29 is 23.1 Å². The molecule has 0 spiro atoms. The van der Waals surface area contributed by atoms with Gasteiger partial charge in [0.2, 0.25) is 15.9 Å². The lowest BCUT2D eigenvalue weighted by Gasteiger charge is -2.15. The number of sulfonamides is 1. The first-order chi connectivity index (χ1) is 15.1. The number of rotatable bonds is 7. The first-order valence-electron chi connectivity index (χ1n) is 9.15. The summed E-state index contributed by atoms with van der Waals surface area (Å²) < 4.78 is 24.5. The second-order valence-electron chi connectivity index (χ2n) is 6.61. The third kappa shape index (κ3) is 5.97. The lowest BCUT2D eigenvalue weighted by Crippen LogP contribution is -2.17. The van der Waals surface area contributed by atoms with Crippen LogP contribution in [0.1, 0.15) is 15.9 Å². The summed E-state index contributed by atoms with van der Waals surface area (Å²) in [5, 5.41) is 17.3. The van der Waals surface area contributed by atoms with Gasteiger partial charge in [-0.25, -0.2) is 18.4 Å². The summed E-state index contributed by atoms with van der Waals surface area (Å²) >= 11 is 1.01. The molecule has 3 aromatic carbocycles. The van der Waals surface area contributed by atoms with Crippen LogP contribution in [0.3, 0.4) is 0 Å². The van der Waals surface area contributed by atoms with E-state index in [4.69, 9.17) is 10.9 Å². The largest absolute Gasteiger partial charge is 0.478 e. The lowest BCUT2D eigenvalue weighted by molar-refractivity contribution is -0.111. The highest BCUT2D eigenvalue weighted by molar-refractivity contribution is 8.00. The summed E-state index contributed by atoms with van der Waals surface area (Å²) in [7, 11) is -4.31. The number of nitrogens with two attached hydrogens (primary N) is 2. The predicted octanol–water partition coefficient (Wildman–Crippen LogP) is 3.42. The Kier molecular flexibility index (Phi) is 6.98. The summed E-state index contributed by atoms with van der Waals surface area (Å²) in [5.41, 5.74) is 6.65. The molecule has 8 nitrogen and oxygen atoms in total. The molecule has 0 aliphatic heterocycles. The molecule has 0 aliphatic carbocycles. The van der Waals surface area contributed by atoms with E-state index in [9.17, 15) is 23.1 Å². The van der Waals surface area contributed by atoms with E-state index in [-0.39, 0.29) is 16.1 Å². The molecule has 6 N–H and O–H groups in total. The minimum absolute atomic E-state index is 0.00142. The Morgan fingerprint density at radius 2 is 1.66 bits per heavy atom. The zero-order chi connectivity index (χ0) is 23.3. The van der Waals surface area contributed by atoms with E-state index in [1.165, 1.54) is 12.1 Å². The van der Waals surface area contributed by atoms with Gasteiger partial charge in [-0.05, 0) is 48.0 Å². The second kappa shape index (κ2) is 9.69. The highest BCUT2D eigenvalue weighted by Gasteiger charge is 2.23. The number of carboxylic acid groups (broad SMARTS) is 1. The minimum Gasteiger partial charge on any atom is -0.478 e. The van der Waals surface area contributed by atoms with Crippen LogP contribution in [0.5, 0.6) is 0 Å². The predicted molar refractivity (Wildman–Crippen MR) is 124 cm³/mol. The summed E-state index contributed by atoms with van der Waals surface area (Å²) in [6.07, 6.45) is 2.83. The Morgan fingerprint density at radius 1 is 1.00 bits per heavy atom. The topological polar surface area (TPSA) is 153 Å².